The van der Waals surface area contributed by atoms with E-state index in [0.29, 0.717) is 22.8 Å². The van der Waals surface area contributed by atoms with Gasteiger partial charge in [-0.25, -0.2) is 0 Å². The Morgan fingerprint density at radius 1 is 1.23 bits per heavy atom. The second kappa shape index (κ2) is 9.10. The number of nitrogens with one attached hydrogen (secondary N) is 3. The predicted molar refractivity (Wildman–Crippen MR) is 89.4 cm³/mol. The second-order valence-corrected chi connectivity index (χ2v) is 5.50. The zero-order valence-electron chi connectivity index (χ0n) is 13.0. The summed E-state index contributed by atoms with van der Waals surface area (Å²) in [5.74, 6) is -0.347. The van der Waals surface area contributed by atoms with Crippen LogP contribution in [0.1, 0.15) is 38.2 Å². The van der Waals surface area contributed by atoms with E-state index in [0.717, 1.165) is 18.4 Å². The Hall–Kier alpha value is -2.01. The van der Waals surface area contributed by atoms with Crippen LogP contribution in [0.2, 0.25) is 5.02 Å². The highest BCUT2D eigenvalue weighted by atomic mass is 35.5. The molecule has 0 spiro atoms. The molecule has 5 nitrogen and oxygen atoms in total. The van der Waals surface area contributed by atoms with Crippen molar-refractivity contribution in [2.45, 2.75) is 39.5 Å². The molecule has 120 valence electrons. The molecule has 3 N–H and O–H groups in total. The monoisotopic (exact) mass is 323 g/mol. The van der Waals surface area contributed by atoms with E-state index in [2.05, 4.69) is 22.7 Å². The van der Waals surface area contributed by atoms with Gasteiger partial charge < -0.3 is 10.7 Å². The summed E-state index contributed by atoms with van der Waals surface area (Å²) in [5.41, 5.74) is 7.17. The summed E-state index contributed by atoms with van der Waals surface area (Å²) >= 11 is 5.90. The van der Waals surface area contributed by atoms with Gasteiger partial charge in [-0.2, -0.15) is 0 Å². The summed E-state index contributed by atoms with van der Waals surface area (Å²) in [6.07, 6.45) is 2.29. The lowest BCUT2D eigenvalue weighted by Gasteiger charge is -2.12. The lowest BCUT2D eigenvalue weighted by molar-refractivity contribution is -0.122. The van der Waals surface area contributed by atoms with Gasteiger partial charge in [0.05, 0.1) is 6.42 Å². The fraction of sp³-hybridized carbons (Fsp3) is 0.375. The van der Waals surface area contributed by atoms with Gasteiger partial charge in [-0.1, -0.05) is 37.6 Å². The van der Waals surface area contributed by atoms with E-state index >= 15 is 0 Å². The zero-order valence-corrected chi connectivity index (χ0v) is 13.7. The van der Waals surface area contributed by atoms with Gasteiger partial charge >= 0.3 is 0 Å². The lowest BCUT2D eigenvalue weighted by atomic mass is 10.2. The van der Waals surface area contributed by atoms with Crippen LogP contribution in [0.5, 0.6) is 0 Å². The largest absolute Gasteiger partial charge is 0.325 e. The highest BCUT2D eigenvalue weighted by Crippen LogP contribution is 2.20. The van der Waals surface area contributed by atoms with Gasteiger partial charge in [0.1, 0.15) is 0 Å². The summed E-state index contributed by atoms with van der Waals surface area (Å²) in [6.45, 7) is 7.61. The summed E-state index contributed by atoms with van der Waals surface area (Å²) in [4.78, 5) is 23.4. The van der Waals surface area contributed by atoms with Crippen molar-refractivity contribution in [2.24, 2.45) is 0 Å². The molecule has 1 aromatic rings. The molecule has 1 rings (SSSR count). The molecule has 0 aliphatic rings. The molecule has 0 saturated carbocycles. The molecular weight excluding hydrogens is 302 g/mol. The minimum atomic E-state index is -0.231. The molecule has 0 aliphatic carbocycles. The predicted octanol–water partition coefficient (Wildman–Crippen LogP) is 3.30. The quantitative estimate of drug-likeness (QED) is 0.643. The maximum Gasteiger partial charge on any atom is 0.238 e. The number of rotatable bonds is 8. The van der Waals surface area contributed by atoms with E-state index < -0.39 is 0 Å². The lowest BCUT2D eigenvalue weighted by Crippen LogP contribution is -2.37. The Morgan fingerprint density at radius 2 is 1.95 bits per heavy atom. The molecule has 0 aromatic heterocycles. The molecule has 2 amide bonds. The van der Waals surface area contributed by atoms with Crippen LogP contribution in [-0.2, 0) is 9.59 Å². The molecule has 0 bridgehead atoms. The number of amides is 2. The standard InChI is InChI=1S/C16H22ClN3O2/c1-4-5-6-15(21)20-19-12(3)9-16(22)18-14-10-13(17)8-7-11(14)2/h7-8,10,19H,3-6,9H2,1-2H3,(H,18,22)(H,20,21). The van der Waals surface area contributed by atoms with Crippen molar-refractivity contribution in [1.29, 1.82) is 0 Å². The number of benzene rings is 1. The molecule has 6 heteroatoms. The number of hydrazine groups is 1. The Morgan fingerprint density at radius 3 is 2.64 bits per heavy atom. The van der Waals surface area contributed by atoms with Gasteiger partial charge in [-0.05, 0) is 31.0 Å². The average Bonchev–Trinajstić information content (AvgIpc) is 2.46. The third-order valence-electron chi connectivity index (χ3n) is 2.98. The molecule has 0 saturated heterocycles. The van der Waals surface area contributed by atoms with Gasteiger partial charge in [0.25, 0.3) is 0 Å². The van der Waals surface area contributed by atoms with E-state index in [4.69, 9.17) is 11.6 Å². The Bertz CT molecular complexity index is 558. The van der Waals surface area contributed by atoms with Crippen LogP contribution in [0.4, 0.5) is 5.69 Å². The third kappa shape index (κ3) is 6.63. The van der Waals surface area contributed by atoms with Gasteiger partial charge in [-0.3, -0.25) is 15.0 Å². The normalized spacial score (nSPS) is 9.95. The maximum atomic E-state index is 11.9. The van der Waals surface area contributed by atoms with Gasteiger partial charge in [0, 0.05) is 22.8 Å². The van der Waals surface area contributed by atoms with Crippen LogP contribution in [0.25, 0.3) is 0 Å². The molecule has 0 aliphatic heterocycles. The summed E-state index contributed by atoms with van der Waals surface area (Å²) in [5, 5.41) is 3.32. The Kier molecular flexibility index (Phi) is 7.46. The molecule has 0 radical (unpaired) electrons. The zero-order chi connectivity index (χ0) is 16.5. The molecule has 0 heterocycles. The van der Waals surface area contributed by atoms with E-state index in [1.165, 1.54) is 0 Å². The SMILES string of the molecule is C=C(CC(=O)Nc1cc(Cl)ccc1C)NNC(=O)CCCC. The Balaban J connectivity index is 2.40. The van der Waals surface area contributed by atoms with E-state index in [1.54, 1.807) is 12.1 Å². The Labute approximate surface area is 136 Å². The highest BCUT2D eigenvalue weighted by Gasteiger charge is 2.08. The van der Waals surface area contributed by atoms with Crippen molar-refractivity contribution in [2.75, 3.05) is 5.32 Å². The fourth-order valence-corrected chi connectivity index (χ4v) is 1.89. The number of carbonyl (C=O) groups excluding carboxylic acids is 2. The first-order chi connectivity index (χ1) is 10.4. The van der Waals surface area contributed by atoms with E-state index in [1.807, 2.05) is 19.9 Å². The molecule has 22 heavy (non-hydrogen) atoms. The topological polar surface area (TPSA) is 70.2 Å². The number of hydrogen-bond donors (Lipinski definition) is 3. The number of carbonyl (C=O) groups is 2. The minimum Gasteiger partial charge on any atom is -0.325 e. The van der Waals surface area contributed by atoms with Crippen molar-refractivity contribution in [3.8, 4) is 0 Å². The number of anilines is 1. The van der Waals surface area contributed by atoms with Crippen LogP contribution in [-0.4, -0.2) is 11.8 Å². The average molecular weight is 324 g/mol. The van der Waals surface area contributed by atoms with Crippen molar-refractivity contribution in [3.63, 3.8) is 0 Å². The smallest absolute Gasteiger partial charge is 0.238 e. The molecule has 0 atom stereocenters. The van der Waals surface area contributed by atoms with Gasteiger partial charge in [0.2, 0.25) is 11.8 Å². The first-order valence-electron chi connectivity index (χ1n) is 7.21. The third-order valence-corrected chi connectivity index (χ3v) is 3.22. The van der Waals surface area contributed by atoms with Crippen molar-refractivity contribution in [1.82, 2.24) is 10.9 Å². The number of aryl methyl sites for hydroxylation is 1. The first-order valence-corrected chi connectivity index (χ1v) is 7.58. The van der Waals surface area contributed by atoms with Crippen LogP contribution in [0, 0.1) is 6.92 Å². The van der Waals surface area contributed by atoms with E-state index in [-0.39, 0.29) is 18.2 Å². The maximum absolute atomic E-state index is 11.9. The summed E-state index contributed by atoms with van der Waals surface area (Å²) < 4.78 is 0. The van der Waals surface area contributed by atoms with Crippen LogP contribution in [0.3, 0.4) is 0 Å². The van der Waals surface area contributed by atoms with Crippen molar-refractivity contribution < 1.29 is 9.59 Å². The first kappa shape index (κ1) is 18.0. The molecular formula is C16H22ClN3O2. The summed E-state index contributed by atoms with van der Waals surface area (Å²) in [6, 6.07) is 5.29. The van der Waals surface area contributed by atoms with Gasteiger partial charge in [-0.15, -0.1) is 0 Å². The van der Waals surface area contributed by atoms with Crippen LogP contribution < -0.4 is 16.2 Å². The molecule has 0 unspecified atom stereocenters. The van der Waals surface area contributed by atoms with Crippen LogP contribution >= 0.6 is 11.6 Å². The molecule has 1 aromatic carbocycles. The summed E-state index contributed by atoms with van der Waals surface area (Å²) in [7, 11) is 0. The minimum absolute atomic E-state index is 0.0556. The van der Waals surface area contributed by atoms with Gasteiger partial charge in [0.15, 0.2) is 0 Å². The van der Waals surface area contributed by atoms with Crippen molar-refractivity contribution in [3.05, 3.63) is 41.1 Å². The number of halogens is 1. The fourth-order valence-electron chi connectivity index (χ4n) is 1.72. The number of unbranched alkanes of at least 4 members (excludes halogenated alkanes) is 1. The molecule has 0 fully saturated rings. The van der Waals surface area contributed by atoms with E-state index in [9.17, 15) is 9.59 Å². The van der Waals surface area contributed by atoms with Crippen molar-refractivity contribution >= 4 is 29.1 Å². The highest BCUT2D eigenvalue weighted by molar-refractivity contribution is 6.31. The number of hydrogen-bond acceptors (Lipinski definition) is 3. The van der Waals surface area contributed by atoms with Crippen LogP contribution in [0.15, 0.2) is 30.5 Å². The second-order valence-electron chi connectivity index (χ2n) is 5.06.